The molecule has 1 aromatic rings. The minimum absolute atomic E-state index is 0.0888. The fourth-order valence-electron chi connectivity index (χ4n) is 1.62. The lowest BCUT2D eigenvalue weighted by Crippen LogP contribution is -2.27. The van der Waals surface area contributed by atoms with Crippen molar-refractivity contribution in [2.75, 3.05) is 18.2 Å². The Bertz CT molecular complexity index is 477. The lowest BCUT2D eigenvalue weighted by atomic mass is 10.1. The van der Waals surface area contributed by atoms with Crippen molar-refractivity contribution in [2.24, 2.45) is 5.84 Å². The van der Waals surface area contributed by atoms with Gasteiger partial charge in [0.25, 0.3) is 5.91 Å². The summed E-state index contributed by atoms with van der Waals surface area (Å²) in [6.45, 7) is 4.32. The molecule has 2 unspecified atom stereocenters. The number of anilines is 1. The van der Waals surface area contributed by atoms with E-state index in [-0.39, 0.29) is 11.2 Å². The Hall–Kier alpha value is -1.40. The number of hydrogen-bond acceptors (Lipinski definition) is 4. The van der Waals surface area contributed by atoms with Crippen molar-refractivity contribution in [3.63, 3.8) is 0 Å². The molecule has 0 aromatic heterocycles. The summed E-state index contributed by atoms with van der Waals surface area (Å²) in [6, 6.07) is 5.28. The minimum atomic E-state index is -0.851. The fraction of sp³-hybridized carbons (Fsp3) is 0.462. The van der Waals surface area contributed by atoms with Crippen molar-refractivity contribution in [1.29, 1.82) is 0 Å². The van der Waals surface area contributed by atoms with Crippen LogP contribution in [-0.2, 0) is 10.8 Å². The Labute approximate surface area is 116 Å². The third-order valence-corrected chi connectivity index (χ3v) is 4.42. The molecule has 0 aliphatic heterocycles. The molecular formula is C13H21N3O2S. The lowest BCUT2D eigenvalue weighted by molar-refractivity contribution is 0.0953. The summed E-state index contributed by atoms with van der Waals surface area (Å²) in [6.07, 6.45) is 2.38. The second kappa shape index (κ2) is 7.25. The smallest absolute Gasteiger partial charge is 0.251 e. The van der Waals surface area contributed by atoms with Crippen LogP contribution >= 0.6 is 0 Å². The second-order valence-electron chi connectivity index (χ2n) is 4.53. The van der Waals surface area contributed by atoms with Crippen molar-refractivity contribution in [3.05, 3.63) is 29.3 Å². The average Bonchev–Trinajstić information content (AvgIpc) is 2.38. The average molecular weight is 283 g/mol. The quantitative estimate of drug-likeness (QED) is 0.540. The number of hydrogen-bond donors (Lipinski definition) is 3. The molecule has 0 bridgehead atoms. The predicted molar refractivity (Wildman–Crippen MR) is 79.5 cm³/mol. The topological polar surface area (TPSA) is 84.2 Å². The zero-order chi connectivity index (χ0) is 14.4. The molecule has 0 fully saturated rings. The second-order valence-corrected chi connectivity index (χ2v) is 6.33. The van der Waals surface area contributed by atoms with Crippen LogP contribution in [0.3, 0.4) is 0 Å². The molecule has 0 saturated heterocycles. The zero-order valence-electron chi connectivity index (χ0n) is 11.5. The summed E-state index contributed by atoms with van der Waals surface area (Å²) in [7, 11) is -0.851. The molecule has 19 heavy (non-hydrogen) atoms. The van der Waals surface area contributed by atoms with E-state index in [1.54, 1.807) is 24.5 Å². The van der Waals surface area contributed by atoms with Crippen LogP contribution < -0.4 is 16.6 Å². The molecule has 0 radical (unpaired) electrons. The number of nitrogens with two attached hydrogens (primary N) is 1. The van der Waals surface area contributed by atoms with Crippen LogP contribution in [0.2, 0.25) is 0 Å². The van der Waals surface area contributed by atoms with E-state index in [2.05, 4.69) is 10.7 Å². The summed E-state index contributed by atoms with van der Waals surface area (Å²) >= 11 is 0. The van der Waals surface area contributed by atoms with Gasteiger partial charge in [-0.3, -0.25) is 14.8 Å². The monoisotopic (exact) mass is 283 g/mol. The van der Waals surface area contributed by atoms with Crippen LogP contribution in [0.15, 0.2) is 18.2 Å². The molecule has 2 atom stereocenters. The molecule has 0 aliphatic rings. The van der Waals surface area contributed by atoms with E-state index in [1.165, 1.54) is 0 Å². The third kappa shape index (κ3) is 4.65. The van der Waals surface area contributed by atoms with Gasteiger partial charge in [-0.05, 0) is 37.1 Å². The largest absolute Gasteiger partial charge is 0.352 e. The first-order chi connectivity index (χ1) is 8.95. The molecule has 0 saturated carbocycles. The molecule has 106 valence electrons. The third-order valence-electron chi connectivity index (χ3n) is 3.05. The number of amides is 1. The number of nitrogens with one attached hydrogen (secondary N) is 2. The van der Waals surface area contributed by atoms with Gasteiger partial charge in [-0.25, -0.2) is 0 Å². The van der Waals surface area contributed by atoms with Gasteiger partial charge in [0, 0.05) is 34.4 Å². The van der Waals surface area contributed by atoms with Crippen LogP contribution in [0.5, 0.6) is 0 Å². The van der Waals surface area contributed by atoms with Gasteiger partial charge < -0.3 is 10.7 Å². The minimum Gasteiger partial charge on any atom is -0.352 e. The van der Waals surface area contributed by atoms with Gasteiger partial charge in [-0.2, -0.15) is 0 Å². The normalized spacial score (nSPS) is 13.7. The molecular weight excluding hydrogens is 262 g/mol. The van der Waals surface area contributed by atoms with E-state index in [4.69, 9.17) is 5.84 Å². The SMILES string of the molecule is Cc1cc(C(=O)NCCC(C)S(C)=O)ccc1NN. The lowest BCUT2D eigenvalue weighted by Gasteiger charge is -2.10. The van der Waals surface area contributed by atoms with Gasteiger partial charge in [0.1, 0.15) is 0 Å². The first-order valence-corrected chi connectivity index (χ1v) is 7.75. The van der Waals surface area contributed by atoms with Crippen LogP contribution in [0.4, 0.5) is 5.69 Å². The highest BCUT2D eigenvalue weighted by atomic mass is 32.2. The van der Waals surface area contributed by atoms with Crippen molar-refractivity contribution in [2.45, 2.75) is 25.5 Å². The Kier molecular flexibility index (Phi) is 5.98. The maximum atomic E-state index is 11.9. The molecule has 1 rings (SSSR count). The van der Waals surface area contributed by atoms with E-state index < -0.39 is 10.8 Å². The van der Waals surface area contributed by atoms with Gasteiger partial charge in [0.15, 0.2) is 0 Å². The Morgan fingerprint density at radius 1 is 1.47 bits per heavy atom. The van der Waals surface area contributed by atoms with Crippen LogP contribution in [-0.4, -0.2) is 28.2 Å². The van der Waals surface area contributed by atoms with E-state index >= 15 is 0 Å². The van der Waals surface area contributed by atoms with Gasteiger partial charge in [-0.1, -0.05) is 6.92 Å². The van der Waals surface area contributed by atoms with Gasteiger partial charge in [-0.15, -0.1) is 0 Å². The summed E-state index contributed by atoms with van der Waals surface area (Å²) in [4.78, 5) is 11.9. The highest BCUT2D eigenvalue weighted by Crippen LogP contribution is 2.15. The van der Waals surface area contributed by atoms with Crippen molar-refractivity contribution in [3.8, 4) is 0 Å². The molecule has 0 aliphatic carbocycles. The number of rotatable bonds is 6. The van der Waals surface area contributed by atoms with Crippen LogP contribution in [0.1, 0.15) is 29.3 Å². The van der Waals surface area contributed by atoms with Crippen molar-refractivity contribution in [1.82, 2.24) is 5.32 Å². The standard InChI is InChI=1S/C13H21N3O2S/c1-9-8-11(4-5-12(9)16-14)13(17)15-7-6-10(2)19(3)18/h4-5,8,10,16H,6-7,14H2,1-3H3,(H,15,17). The number of aryl methyl sites for hydroxylation is 1. The van der Waals surface area contributed by atoms with Crippen molar-refractivity contribution >= 4 is 22.4 Å². The Morgan fingerprint density at radius 3 is 2.68 bits per heavy atom. The number of carbonyl (C=O) groups excluding carboxylic acids is 1. The van der Waals surface area contributed by atoms with E-state index in [1.807, 2.05) is 13.8 Å². The number of benzene rings is 1. The molecule has 6 heteroatoms. The Balaban J connectivity index is 2.54. The first-order valence-electron chi connectivity index (χ1n) is 6.13. The molecule has 1 amide bonds. The van der Waals surface area contributed by atoms with Crippen molar-refractivity contribution < 1.29 is 9.00 Å². The molecule has 0 spiro atoms. The van der Waals surface area contributed by atoms with Gasteiger partial charge >= 0.3 is 0 Å². The summed E-state index contributed by atoms with van der Waals surface area (Å²) in [5, 5.41) is 2.91. The summed E-state index contributed by atoms with van der Waals surface area (Å²) < 4.78 is 11.2. The zero-order valence-corrected chi connectivity index (χ0v) is 12.3. The number of hydrazine groups is 1. The molecule has 5 nitrogen and oxygen atoms in total. The highest BCUT2D eigenvalue weighted by Gasteiger charge is 2.09. The molecule has 1 aromatic carbocycles. The highest BCUT2D eigenvalue weighted by molar-refractivity contribution is 7.84. The molecule has 0 heterocycles. The summed E-state index contributed by atoms with van der Waals surface area (Å²) in [5.41, 5.74) is 4.88. The van der Waals surface area contributed by atoms with Crippen LogP contribution in [0.25, 0.3) is 0 Å². The van der Waals surface area contributed by atoms with E-state index in [0.29, 0.717) is 18.5 Å². The predicted octanol–water partition coefficient (Wildman–Crippen LogP) is 1.17. The first kappa shape index (κ1) is 15.7. The van der Waals surface area contributed by atoms with Crippen LogP contribution in [0, 0.1) is 6.92 Å². The van der Waals surface area contributed by atoms with Gasteiger partial charge in [0.05, 0.1) is 5.69 Å². The number of nitrogen functional groups attached to an aromatic ring is 1. The molecule has 4 N–H and O–H groups in total. The Morgan fingerprint density at radius 2 is 2.16 bits per heavy atom. The van der Waals surface area contributed by atoms with Gasteiger partial charge in [0.2, 0.25) is 0 Å². The van der Waals surface area contributed by atoms with E-state index in [0.717, 1.165) is 11.3 Å². The fourth-order valence-corrected chi connectivity index (χ4v) is 2.07. The van der Waals surface area contributed by atoms with E-state index in [9.17, 15) is 9.00 Å². The summed E-state index contributed by atoms with van der Waals surface area (Å²) in [5.74, 6) is 5.21. The maximum Gasteiger partial charge on any atom is 0.251 e. The number of carbonyl (C=O) groups is 1. The maximum absolute atomic E-state index is 11.9.